The topological polar surface area (TPSA) is 29.9 Å². The predicted octanol–water partition coefficient (Wildman–Crippen LogP) is 3.72. The van der Waals surface area contributed by atoms with Gasteiger partial charge in [-0.1, -0.05) is 32.9 Å². The van der Waals surface area contributed by atoms with Crippen molar-refractivity contribution in [3.8, 4) is 5.69 Å². The molecule has 0 saturated carbocycles. The summed E-state index contributed by atoms with van der Waals surface area (Å²) in [4.78, 5) is 0. The van der Waals surface area contributed by atoms with Crippen LogP contribution < -0.4 is 5.32 Å². The van der Waals surface area contributed by atoms with Crippen LogP contribution in [0, 0.1) is 13.8 Å². The van der Waals surface area contributed by atoms with Gasteiger partial charge < -0.3 is 5.32 Å². The molecule has 0 aliphatic heterocycles. The first-order valence-corrected chi connectivity index (χ1v) is 8.00. The van der Waals surface area contributed by atoms with Crippen LogP contribution in [0.15, 0.2) is 18.2 Å². The second-order valence-electron chi connectivity index (χ2n) is 5.56. The van der Waals surface area contributed by atoms with Gasteiger partial charge in [0.25, 0.3) is 0 Å². The van der Waals surface area contributed by atoms with Crippen LogP contribution in [0.5, 0.6) is 0 Å². The third-order valence-electron chi connectivity index (χ3n) is 3.99. The van der Waals surface area contributed by atoms with Crippen molar-refractivity contribution in [1.82, 2.24) is 15.1 Å². The van der Waals surface area contributed by atoms with Gasteiger partial charge in [-0.25, -0.2) is 4.68 Å². The molecule has 1 aromatic heterocycles. The summed E-state index contributed by atoms with van der Waals surface area (Å²) in [5, 5.41) is 8.35. The first-order chi connectivity index (χ1) is 10.1. The van der Waals surface area contributed by atoms with Gasteiger partial charge in [0.2, 0.25) is 0 Å². The lowest BCUT2D eigenvalue weighted by Crippen LogP contribution is -2.14. The number of rotatable bonds is 6. The Morgan fingerprint density at radius 1 is 1.10 bits per heavy atom. The van der Waals surface area contributed by atoms with Crippen LogP contribution in [-0.2, 0) is 19.4 Å². The molecular formula is C18H27N3. The first-order valence-electron chi connectivity index (χ1n) is 8.00. The van der Waals surface area contributed by atoms with Crippen LogP contribution in [0.3, 0.4) is 0 Å². The van der Waals surface area contributed by atoms with Crippen molar-refractivity contribution in [2.75, 3.05) is 6.54 Å². The normalized spacial score (nSPS) is 11.1. The van der Waals surface area contributed by atoms with Crippen LogP contribution in [0.2, 0.25) is 0 Å². The Kier molecular flexibility index (Phi) is 5.18. The first kappa shape index (κ1) is 15.8. The molecule has 0 saturated heterocycles. The Morgan fingerprint density at radius 3 is 2.48 bits per heavy atom. The summed E-state index contributed by atoms with van der Waals surface area (Å²) in [7, 11) is 0. The highest BCUT2D eigenvalue weighted by Crippen LogP contribution is 2.23. The van der Waals surface area contributed by atoms with E-state index in [0.29, 0.717) is 0 Å². The average Bonchev–Trinajstić information content (AvgIpc) is 2.84. The van der Waals surface area contributed by atoms with Gasteiger partial charge in [0, 0.05) is 17.8 Å². The summed E-state index contributed by atoms with van der Waals surface area (Å²) < 4.78 is 2.16. The van der Waals surface area contributed by atoms with Gasteiger partial charge in [-0.15, -0.1) is 0 Å². The molecule has 0 amide bonds. The summed E-state index contributed by atoms with van der Waals surface area (Å²) in [5.41, 5.74) is 7.69. The second-order valence-corrected chi connectivity index (χ2v) is 5.56. The SMILES string of the molecule is CCNCc1c(CC)nn(-c2cc(C)ccc2C)c1CC. The molecule has 3 heteroatoms. The maximum Gasteiger partial charge on any atom is 0.0680 e. The zero-order valence-electron chi connectivity index (χ0n) is 14.0. The zero-order chi connectivity index (χ0) is 15.4. The molecule has 1 N–H and O–H groups in total. The van der Waals surface area contributed by atoms with Crippen molar-refractivity contribution in [2.24, 2.45) is 0 Å². The summed E-state index contributed by atoms with van der Waals surface area (Å²) in [5.74, 6) is 0. The lowest BCUT2D eigenvalue weighted by atomic mass is 10.1. The van der Waals surface area contributed by atoms with Crippen LogP contribution in [-0.4, -0.2) is 16.3 Å². The molecule has 21 heavy (non-hydrogen) atoms. The molecule has 2 rings (SSSR count). The molecule has 0 unspecified atom stereocenters. The summed E-state index contributed by atoms with van der Waals surface area (Å²) in [6, 6.07) is 6.58. The zero-order valence-corrected chi connectivity index (χ0v) is 14.0. The quantitative estimate of drug-likeness (QED) is 0.876. The van der Waals surface area contributed by atoms with E-state index >= 15 is 0 Å². The van der Waals surface area contributed by atoms with E-state index in [1.165, 1.54) is 33.8 Å². The van der Waals surface area contributed by atoms with Crippen LogP contribution in [0.4, 0.5) is 0 Å². The van der Waals surface area contributed by atoms with Gasteiger partial charge in [-0.3, -0.25) is 0 Å². The molecule has 0 atom stereocenters. The van der Waals surface area contributed by atoms with Crippen molar-refractivity contribution in [2.45, 2.75) is 54.0 Å². The molecule has 0 aliphatic rings. The highest BCUT2D eigenvalue weighted by atomic mass is 15.3. The Hall–Kier alpha value is -1.61. The van der Waals surface area contributed by atoms with E-state index in [2.05, 4.69) is 62.8 Å². The Bertz CT molecular complexity index is 611. The minimum atomic E-state index is 0.910. The number of nitrogens with zero attached hydrogens (tertiary/aromatic N) is 2. The third-order valence-corrected chi connectivity index (χ3v) is 3.99. The van der Waals surface area contributed by atoms with Gasteiger partial charge in [0.05, 0.1) is 11.4 Å². The van der Waals surface area contributed by atoms with Crippen LogP contribution >= 0.6 is 0 Å². The van der Waals surface area contributed by atoms with E-state index in [1.54, 1.807) is 0 Å². The molecule has 0 spiro atoms. The molecule has 2 aromatic rings. The van der Waals surface area contributed by atoms with Gasteiger partial charge in [-0.2, -0.15) is 5.10 Å². The molecule has 0 bridgehead atoms. The molecule has 0 radical (unpaired) electrons. The van der Waals surface area contributed by atoms with Gasteiger partial charge in [-0.05, 0) is 50.4 Å². The minimum Gasteiger partial charge on any atom is -0.313 e. The maximum atomic E-state index is 4.90. The molecule has 1 heterocycles. The molecular weight excluding hydrogens is 258 g/mol. The lowest BCUT2D eigenvalue weighted by molar-refractivity contribution is 0.712. The maximum absolute atomic E-state index is 4.90. The predicted molar refractivity (Wildman–Crippen MR) is 89.2 cm³/mol. The number of nitrogens with one attached hydrogen (secondary N) is 1. The summed E-state index contributed by atoms with van der Waals surface area (Å²) in [6.45, 7) is 12.7. The van der Waals surface area contributed by atoms with Gasteiger partial charge in [0.15, 0.2) is 0 Å². The number of benzene rings is 1. The standard InChI is InChI=1S/C18H27N3/c1-6-16-15(12-19-8-3)17(7-2)21(20-16)18-11-13(4)9-10-14(18)5/h9-11,19H,6-8,12H2,1-5H3. The molecule has 3 nitrogen and oxygen atoms in total. The molecule has 0 aliphatic carbocycles. The van der Waals surface area contributed by atoms with Crippen molar-refractivity contribution in [3.05, 3.63) is 46.3 Å². The van der Waals surface area contributed by atoms with E-state index in [9.17, 15) is 0 Å². The fourth-order valence-electron chi connectivity index (χ4n) is 2.78. The lowest BCUT2D eigenvalue weighted by Gasteiger charge is -2.11. The van der Waals surface area contributed by atoms with E-state index in [4.69, 9.17) is 5.10 Å². The van der Waals surface area contributed by atoms with E-state index in [-0.39, 0.29) is 0 Å². The van der Waals surface area contributed by atoms with Crippen molar-refractivity contribution >= 4 is 0 Å². The highest BCUT2D eigenvalue weighted by Gasteiger charge is 2.17. The Labute approximate surface area is 128 Å². The van der Waals surface area contributed by atoms with Gasteiger partial charge in [0.1, 0.15) is 0 Å². The highest BCUT2D eigenvalue weighted by molar-refractivity contribution is 5.45. The fraction of sp³-hybridized carbons (Fsp3) is 0.500. The van der Waals surface area contributed by atoms with Crippen molar-refractivity contribution < 1.29 is 0 Å². The van der Waals surface area contributed by atoms with E-state index in [1.807, 2.05) is 0 Å². The number of aryl methyl sites for hydroxylation is 3. The molecule has 1 aromatic carbocycles. The summed E-state index contributed by atoms with van der Waals surface area (Å²) in [6.07, 6.45) is 1.98. The molecule has 114 valence electrons. The van der Waals surface area contributed by atoms with E-state index in [0.717, 1.165) is 25.9 Å². The Morgan fingerprint density at radius 2 is 1.86 bits per heavy atom. The van der Waals surface area contributed by atoms with E-state index < -0.39 is 0 Å². The number of hydrogen-bond acceptors (Lipinski definition) is 2. The average molecular weight is 285 g/mol. The van der Waals surface area contributed by atoms with Gasteiger partial charge >= 0.3 is 0 Å². The van der Waals surface area contributed by atoms with Crippen LogP contribution in [0.25, 0.3) is 5.69 Å². The largest absolute Gasteiger partial charge is 0.313 e. The fourth-order valence-corrected chi connectivity index (χ4v) is 2.78. The third kappa shape index (κ3) is 3.18. The van der Waals surface area contributed by atoms with Crippen LogP contribution in [0.1, 0.15) is 48.8 Å². The number of aromatic nitrogens is 2. The second kappa shape index (κ2) is 6.90. The molecule has 0 fully saturated rings. The Balaban J connectivity index is 2.57. The number of hydrogen-bond donors (Lipinski definition) is 1. The smallest absolute Gasteiger partial charge is 0.0680 e. The minimum absolute atomic E-state index is 0.910. The monoisotopic (exact) mass is 285 g/mol. The summed E-state index contributed by atoms with van der Waals surface area (Å²) >= 11 is 0. The van der Waals surface area contributed by atoms with Crippen molar-refractivity contribution in [3.63, 3.8) is 0 Å². The van der Waals surface area contributed by atoms with Crippen molar-refractivity contribution in [1.29, 1.82) is 0 Å².